The van der Waals surface area contributed by atoms with Crippen LogP contribution in [0.4, 0.5) is 27.5 Å². The van der Waals surface area contributed by atoms with Gasteiger partial charge in [0.15, 0.2) is 0 Å². The number of nitrogens with one attached hydrogen (secondary N) is 2. The lowest BCUT2D eigenvalue weighted by molar-refractivity contribution is 0.137. The Labute approximate surface area is 402 Å². The van der Waals surface area contributed by atoms with E-state index in [2.05, 4.69) is 105 Å². The predicted molar refractivity (Wildman–Crippen MR) is 271 cm³/mol. The summed E-state index contributed by atoms with van der Waals surface area (Å²) in [5, 5.41) is 6.99. The lowest BCUT2D eigenvalue weighted by atomic mass is 9.90. The van der Waals surface area contributed by atoms with Gasteiger partial charge < -0.3 is 35.6 Å². The Hall–Kier alpha value is -4.81. The van der Waals surface area contributed by atoms with E-state index in [-0.39, 0.29) is 24.3 Å². The largest absolute Gasteiger partial charge is 0.489 e. The van der Waals surface area contributed by atoms with Crippen molar-refractivity contribution in [3.05, 3.63) is 107 Å². The van der Waals surface area contributed by atoms with Crippen molar-refractivity contribution in [1.82, 2.24) is 15.1 Å². The number of urea groups is 1. The maximum atomic E-state index is 12.4. The Balaban J connectivity index is 0.000000188. The van der Waals surface area contributed by atoms with Crippen molar-refractivity contribution in [3.8, 4) is 11.5 Å². The minimum atomic E-state index is -0.178. The van der Waals surface area contributed by atoms with Gasteiger partial charge in [-0.2, -0.15) is 4.99 Å². The number of rotatable bonds is 11. The summed E-state index contributed by atoms with van der Waals surface area (Å²) in [5.41, 5.74) is 9.58. The average Bonchev–Trinajstić information content (AvgIpc) is 3.32. The Kier molecular flexibility index (Phi) is 19.9. The summed E-state index contributed by atoms with van der Waals surface area (Å²) in [5.74, 6) is 1.99. The standard InChI is InChI=1S/C26H35ClN4O2.C19H31N3O.C7H4ClNO/c1-19(2)33-25-10-6-5-9-24(25)31-17-15-30(16-18-31)21-13-11-20(12-14-21)28-26(32)29-23-8-4-3-7-22(23)27;1-15(2)23-19-6-4-3-5-18(19)22-13-11-21(12-14-22)17-9-7-16(20)8-10-17;8-6-3-1-2-4-7(6)9-5-10/h3-10,19-21H,11-18H2,1-2H3,(H2,28,29,32);3-6,15-17H,7-14,20H2,1-2H3;1-4H. The second kappa shape index (κ2) is 25.9. The van der Waals surface area contributed by atoms with Crippen LogP contribution in [-0.4, -0.2) is 111 Å². The Morgan fingerprint density at radius 3 is 1.53 bits per heavy atom. The molecule has 356 valence electrons. The molecule has 0 atom stereocenters. The summed E-state index contributed by atoms with van der Waals surface area (Å²) < 4.78 is 12.0. The number of para-hydroxylation sites is 6. The normalized spacial score (nSPS) is 21.3. The van der Waals surface area contributed by atoms with E-state index < -0.39 is 0 Å². The Morgan fingerprint density at radius 2 is 1.06 bits per heavy atom. The molecule has 66 heavy (non-hydrogen) atoms. The van der Waals surface area contributed by atoms with Gasteiger partial charge in [0, 0.05) is 76.5 Å². The summed E-state index contributed by atoms with van der Waals surface area (Å²) in [6, 6.07) is 32.8. The van der Waals surface area contributed by atoms with Crippen LogP contribution in [0, 0.1) is 0 Å². The maximum Gasteiger partial charge on any atom is 0.319 e. The van der Waals surface area contributed by atoms with Crippen molar-refractivity contribution in [1.29, 1.82) is 0 Å². The van der Waals surface area contributed by atoms with Gasteiger partial charge in [-0.1, -0.05) is 71.7 Å². The molecule has 0 unspecified atom stereocenters. The molecule has 2 saturated heterocycles. The average molecular weight is 942 g/mol. The summed E-state index contributed by atoms with van der Waals surface area (Å²) >= 11 is 11.8. The van der Waals surface area contributed by atoms with Gasteiger partial charge in [0.05, 0.1) is 45.0 Å². The number of anilines is 3. The number of isocyanates is 1. The highest BCUT2D eigenvalue weighted by atomic mass is 35.5. The fraction of sp³-hybridized carbons (Fsp3) is 0.500. The van der Waals surface area contributed by atoms with Crippen LogP contribution in [0.5, 0.6) is 11.5 Å². The minimum Gasteiger partial charge on any atom is -0.489 e. The first-order chi connectivity index (χ1) is 32.0. The molecule has 0 radical (unpaired) electrons. The fourth-order valence-electron chi connectivity index (χ4n) is 9.35. The number of benzene rings is 4. The van der Waals surface area contributed by atoms with Gasteiger partial charge in [-0.05, 0) is 128 Å². The highest BCUT2D eigenvalue weighted by Crippen LogP contribution is 2.33. The molecular weight excluding hydrogens is 872 g/mol. The first-order valence-electron chi connectivity index (χ1n) is 23.9. The molecule has 4 aromatic rings. The molecule has 14 heteroatoms. The molecule has 0 aromatic heterocycles. The van der Waals surface area contributed by atoms with Gasteiger partial charge in [-0.3, -0.25) is 9.80 Å². The first-order valence-corrected chi connectivity index (χ1v) is 24.6. The van der Waals surface area contributed by atoms with Crippen LogP contribution in [0.3, 0.4) is 0 Å². The molecule has 4 N–H and O–H groups in total. The molecule has 2 aliphatic heterocycles. The van der Waals surface area contributed by atoms with E-state index in [1.54, 1.807) is 30.3 Å². The van der Waals surface area contributed by atoms with Crippen LogP contribution in [0.2, 0.25) is 10.0 Å². The smallest absolute Gasteiger partial charge is 0.319 e. The van der Waals surface area contributed by atoms with Crippen LogP contribution in [0.25, 0.3) is 0 Å². The lowest BCUT2D eigenvalue weighted by Gasteiger charge is -2.43. The molecule has 2 aliphatic carbocycles. The molecular formula is C52H70Cl2N8O4. The highest BCUT2D eigenvalue weighted by Gasteiger charge is 2.31. The van der Waals surface area contributed by atoms with Crippen LogP contribution < -0.4 is 35.6 Å². The van der Waals surface area contributed by atoms with E-state index in [0.29, 0.717) is 33.5 Å². The third-order valence-electron chi connectivity index (χ3n) is 12.7. The van der Waals surface area contributed by atoms with E-state index >= 15 is 0 Å². The van der Waals surface area contributed by atoms with Crippen LogP contribution in [0.1, 0.15) is 79.1 Å². The maximum absolute atomic E-state index is 12.4. The van der Waals surface area contributed by atoms with E-state index in [1.807, 2.05) is 24.3 Å². The molecule has 2 saturated carbocycles. The first kappa shape index (κ1) is 50.6. The zero-order valence-electron chi connectivity index (χ0n) is 39.2. The van der Waals surface area contributed by atoms with Crippen molar-refractivity contribution in [2.24, 2.45) is 10.7 Å². The predicted octanol–water partition coefficient (Wildman–Crippen LogP) is 10.6. The van der Waals surface area contributed by atoms with Gasteiger partial charge in [0.25, 0.3) is 0 Å². The van der Waals surface area contributed by atoms with Gasteiger partial charge >= 0.3 is 6.03 Å². The van der Waals surface area contributed by atoms with E-state index in [9.17, 15) is 9.59 Å². The molecule has 4 aromatic carbocycles. The zero-order valence-corrected chi connectivity index (χ0v) is 40.7. The van der Waals surface area contributed by atoms with Crippen LogP contribution >= 0.6 is 23.2 Å². The number of carbonyl (C=O) groups is 1. The Morgan fingerprint density at radius 1 is 0.621 bits per heavy atom. The zero-order chi connectivity index (χ0) is 46.8. The molecule has 12 nitrogen and oxygen atoms in total. The van der Waals surface area contributed by atoms with E-state index in [4.69, 9.17) is 38.4 Å². The van der Waals surface area contributed by atoms with Crippen molar-refractivity contribution in [2.45, 2.75) is 115 Å². The number of piperazine rings is 2. The third-order valence-corrected chi connectivity index (χ3v) is 13.4. The summed E-state index contributed by atoms with van der Waals surface area (Å²) in [6.07, 6.45) is 11.0. The van der Waals surface area contributed by atoms with Crippen LogP contribution in [0.15, 0.2) is 102 Å². The third kappa shape index (κ3) is 15.4. The second-order valence-electron chi connectivity index (χ2n) is 18.1. The minimum absolute atomic E-state index is 0.169. The Bertz CT molecular complexity index is 2140. The highest BCUT2D eigenvalue weighted by molar-refractivity contribution is 6.33. The number of carbonyl (C=O) groups excluding carboxylic acids is 2. The molecule has 2 heterocycles. The molecule has 4 fully saturated rings. The quantitative estimate of drug-likeness (QED) is 0.0995. The molecule has 0 spiro atoms. The lowest BCUT2D eigenvalue weighted by Crippen LogP contribution is -2.52. The number of amides is 2. The van der Waals surface area contributed by atoms with Crippen molar-refractivity contribution in [3.63, 3.8) is 0 Å². The monoisotopic (exact) mass is 940 g/mol. The van der Waals surface area contributed by atoms with Crippen molar-refractivity contribution >= 4 is 58.1 Å². The van der Waals surface area contributed by atoms with Crippen molar-refractivity contribution < 1.29 is 19.1 Å². The van der Waals surface area contributed by atoms with Crippen molar-refractivity contribution in [2.75, 3.05) is 67.5 Å². The number of ether oxygens (including phenoxy) is 2. The summed E-state index contributed by atoms with van der Waals surface area (Å²) in [6.45, 7) is 16.9. The van der Waals surface area contributed by atoms with Gasteiger partial charge in [0.2, 0.25) is 6.08 Å². The number of hydrogen-bond acceptors (Lipinski definition) is 10. The number of nitrogens with two attached hydrogens (primary N) is 1. The number of hydrogen-bond donors (Lipinski definition) is 3. The van der Waals surface area contributed by atoms with Crippen LogP contribution in [-0.2, 0) is 4.79 Å². The topological polar surface area (TPSA) is 128 Å². The van der Waals surface area contributed by atoms with Gasteiger partial charge in [-0.25, -0.2) is 9.59 Å². The fourth-order valence-corrected chi connectivity index (χ4v) is 9.71. The molecule has 4 aliphatic rings. The number of aliphatic imine (C=N–C) groups is 1. The van der Waals surface area contributed by atoms with Gasteiger partial charge in [-0.15, -0.1) is 0 Å². The summed E-state index contributed by atoms with van der Waals surface area (Å²) in [4.78, 5) is 35.7. The van der Waals surface area contributed by atoms with E-state index in [1.165, 1.54) is 43.1 Å². The molecule has 0 bridgehead atoms. The summed E-state index contributed by atoms with van der Waals surface area (Å²) in [7, 11) is 0. The SMILES string of the molecule is CC(C)Oc1ccccc1N1CCN(C2CCC(N)CC2)CC1.CC(C)Oc1ccccc1N1CCN(C2CCC(NC(=O)Nc3ccccc3Cl)CC2)CC1.O=C=Nc1ccccc1Cl. The number of halogens is 2. The van der Waals surface area contributed by atoms with Gasteiger partial charge in [0.1, 0.15) is 11.5 Å². The second-order valence-corrected chi connectivity index (χ2v) is 18.9. The molecule has 8 rings (SSSR count). The molecule has 2 amide bonds. The van der Waals surface area contributed by atoms with E-state index in [0.717, 1.165) is 95.6 Å². The number of nitrogens with zero attached hydrogens (tertiary/aromatic N) is 5.